The fourth-order valence-corrected chi connectivity index (χ4v) is 3.40. The molecule has 32 heavy (non-hydrogen) atoms. The lowest BCUT2D eigenvalue weighted by Crippen LogP contribution is -2.17. The van der Waals surface area contributed by atoms with E-state index >= 15 is 0 Å². The Labute approximate surface area is 185 Å². The number of aromatic nitrogens is 1. The SMILES string of the molecule is COc1cc(OC)cc(C(=O)N/N=C\c2cc(C)n(-c3cc([N+](=O)[O-])ccc3C)c2C)c1. The molecule has 1 aromatic heterocycles. The maximum absolute atomic E-state index is 12.5. The first-order chi connectivity index (χ1) is 15.2. The maximum atomic E-state index is 12.5. The molecule has 0 aliphatic carbocycles. The van der Waals surface area contributed by atoms with E-state index in [4.69, 9.17) is 9.47 Å². The number of ether oxygens (including phenoxy) is 2. The summed E-state index contributed by atoms with van der Waals surface area (Å²) in [5, 5.41) is 15.3. The number of nitro groups is 1. The summed E-state index contributed by atoms with van der Waals surface area (Å²) >= 11 is 0. The molecule has 0 aliphatic rings. The van der Waals surface area contributed by atoms with E-state index in [1.807, 2.05) is 31.4 Å². The fraction of sp³-hybridized carbons (Fsp3) is 0.217. The highest BCUT2D eigenvalue weighted by atomic mass is 16.6. The highest BCUT2D eigenvalue weighted by Gasteiger charge is 2.15. The van der Waals surface area contributed by atoms with E-state index in [2.05, 4.69) is 10.5 Å². The number of amides is 1. The molecule has 166 valence electrons. The highest BCUT2D eigenvalue weighted by molar-refractivity contribution is 5.95. The lowest BCUT2D eigenvalue weighted by Gasteiger charge is -2.12. The molecule has 1 N–H and O–H groups in total. The summed E-state index contributed by atoms with van der Waals surface area (Å²) in [6.45, 7) is 5.69. The van der Waals surface area contributed by atoms with E-state index < -0.39 is 10.8 Å². The van der Waals surface area contributed by atoms with Crippen molar-refractivity contribution in [2.24, 2.45) is 5.10 Å². The molecule has 0 fully saturated rings. The van der Waals surface area contributed by atoms with Gasteiger partial charge in [-0.3, -0.25) is 14.9 Å². The van der Waals surface area contributed by atoms with Crippen LogP contribution in [-0.4, -0.2) is 35.8 Å². The number of hydrogen-bond donors (Lipinski definition) is 1. The Morgan fingerprint density at radius 3 is 2.31 bits per heavy atom. The van der Waals surface area contributed by atoms with Crippen molar-refractivity contribution in [1.29, 1.82) is 0 Å². The van der Waals surface area contributed by atoms with Gasteiger partial charge in [-0.1, -0.05) is 6.07 Å². The molecule has 0 saturated heterocycles. The highest BCUT2D eigenvalue weighted by Crippen LogP contribution is 2.26. The van der Waals surface area contributed by atoms with Crippen LogP contribution in [0.5, 0.6) is 11.5 Å². The van der Waals surface area contributed by atoms with E-state index in [0.717, 1.165) is 28.2 Å². The van der Waals surface area contributed by atoms with Gasteiger partial charge in [0.25, 0.3) is 11.6 Å². The standard InChI is InChI=1S/C23H24N4O5/c1-14-6-7-19(27(29)30)11-22(14)26-15(2)8-18(16(26)3)13-24-25-23(28)17-9-20(31-4)12-21(10-17)32-5/h6-13H,1-5H3,(H,25,28)/b24-13-. The summed E-state index contributed by atoms with van der Waals surface area (Å²) in [7, 11) is 3.01. The van der Waals surface area contributed by atoms with Gasteiger partial charge in [0, 0.05) is 40.7 Å². The molecule has 0 bridgehead atoms. The van der Waals surface area contributed by atoms with Gasteiger partial charge in [-0.25, -0.2) is 5.43 Å². The number of hydrazone groups is 1. The van der Waals surface area contributed by atoms with Gasteiger partial charge in [0.05, 0.1) is 31.0 Å². The molecule has 0 radical (unpaired) electrons. The summed E-state index contributed by atoms with van der Waals surface area (Å²) < 4.78 is 12.3. The second-order valence-corrected chi connectivity index (χ2v) is 7.19. The van der Waals surface area contributed by atoms with Crippen molar-refractivity contribution in [2.45, 2.75) is 20.8 Å². The van der Waals surface area contributed by atoms with Gasteiger partial charge in [-0.2, -0.15) is 5.10 Å². The van der Waals surface area contributed by atoms with Crippen LogP contribution in [0, 0.1) is 30.9 Å². The first kappa shape index (κ1) is 22.5. The number of aryl methyl sites for hydroxylation is 2. The van der Waals surface area contributed by atoms with Gasteiger partial charge in [0.1, 0.15) is 11.5 Å². The summed E-state index contributed by atoms with van der Waals surface area (Å²) in [5.74, 6) is 0.575. The first-order valence-electron chi connectivity index (χ1n) is 9.76. The van der Waals surface area contributed by atoms with Crippen LogP contribution >= 0.6 is 0 Å². The molecule has 0 atom stereocenters. The summed E-state index contributed by atoms with van der Waals surface area (Å²) in [4.78, 5) is 23.3. The van der Waals surface area contributed by atoms with Crippen LogP contribution in [-0.2, 0) is 0 Å². The van der Waals surface area contributed by atoms with Crippen LogP contribution in [0.2, 0.25) is 0 Å². The minimum atomic E-state index is -0.415. The Hall–Kier alpha value is -4.14. The van der Waals surface area contributed by atoms with Crippen LogP contribution in [0.4, 0.5) is 5.69 Å². The predicted octanol–water partition coefficient (Wildman–Crippen LogP) is 4.09. The summed E-state index contributed by atoms with van der Waals surface area (Å²) in [5.41, 5.74) is 7.00. The second-order valence-electron chi connectivity index (χ2n) is 7.19. The molecule has 0 unspecified atom stereocenters. The van der Waals surface area contributed by atoms with E-state index in [0.29, 0.717) is 17.1 Å². The number of rotatable bonds is 7. The monoisotopic (exact) mass is 436 g/mol. The van der Waals surface area contributed by atoms with Crippen LogP contribution in [0.15, 0.2) is 47.6 Å². The van der Waals surface area contributed by atoms with Crippen molar-refractivity contribution in [2.75, 3.05) is 14.2 Å². The number of hydrogen-bond acceptors (Lipinski definition) is 6. The molecule has 0 aliphatic heterocycles. The average Bonchev–Trinajstić information content (AvgIpc) is 3.06. The smallest absolute Gasteiger partial charge is 0.271 e. The number of benzene rings is 2. The van der Waals surface area contributed by atoms with Gasteiger partial charge in [0.15, 0.2) is 0 Å². The topological polar surface area (TPSA) is 108 Å². The second kappa shape index (κ2) is 9.34. The molecule has 0 saturated carbocycles. The predicted molar refractivity (Wildman–Crippen MR) is 121 cm³/mol. The number of nitrogens with zero attached hydrogens (tertiary/aromatic N) is 3. The van der Waals surface area contributed by atoms with Crippen molar-refractivity contribution < 1.29 is 19.2 Å². The summed E-state index contributed by atoms with van der Waals surface area (Å²) in [6, 6.07) is 11.5. The van der Waals surface area contributed by atoms with Crippen molar-refractivity contribution in [3.05, 3.63) is 80.7 Å². The van der Waals surface area contributed by atoms with E-state index in [9.17, 15) is 14.9 Å². The molecule has 9 heteroatoms. The molecule has 9 nitrogen and oxygen atoms in total. The Morgan fingerprint density at radius 1 is 1.06 bits per heavy atom. The third kappa shape index (κ3) is 4.61. The Morgan fingerprint density at radius 2 is 1.72 bits per heavy atom. The van der Waals surface area contributed by atoms with Crippen molar-refractivity contribution >= 4 is 17.8 Å². The third-order valence-electron chi connectivity index (χ3n) is 5.10. The molecule has 1 heterocycles. The van der Waals surface area contributed by atoms with Crippen LogP contribution in [0.25, 0.3) is 5.69 Å². The molecule has 0 spiro atoms. The van der Waals surface area contributed by atoms with E-state index in [1.54, 1.807) is 36.5 Å². The number of non-ortho nitro benzene ring substituents is 1. The average molecular weight is 436 g/mol. The molecule has 1 amide bonds. The number of nitro benzene ring substituents is 1. The fourth-order valence-electron chi connectivity index (χ4n) is 3.40. The molecule has 2 aromatic carbocycles. The Bertz CT molecular complexity index is 1190. The maximum Gasteiger partial charge on any atom is 0.271 e. The van der Waals surface area contributed by atoms with Crippen molar-refractivity contribution in [1.82, 2.24) is 9.99 Å². The van der Waals surface area contributed by atoms with Crippen LogP contribution in [0.1, 0.15) is 32.9 Å². The molecular weight excluding hydrogens is 412 g/mol. The van der Waals surface area contributed by atoms with E-state index in [1.165, 1.54) is 20.3 Å². The van der Waals surface area contributed by atoms with Gasteiger partial charge in [-0.15, -0.1) is 0 Å². The lowest BCUT2D eigenvalue weighted by atomic mass is 10.1. The normalized spacial score (nSPS) is 10.9. The van der Waals surface area contributed by atoms with Gasteiger partial charge in [-0.05, 0) is 44.5 Å². The number of carbonyl (C=O) groups excluding carboxylic acids is 1. The molecular formula is C23H24N4O5. The minimum Gasteiger partial charge on any atom is -0.497 e. The van der Waals surface area contributed by atoms with E-state index in [-0.39, 0.29) is 5.69 Å². The number of carbonyl (C=O) groups is 1. The Balaban J connectivity index is 1.85. The molecule has 3 aromatic rings. The van der Waals surface area contributed by atoms with Gasteiger partial charge in [0.2, 0.25) is 0 Å². The lowest BCUT2D eigenvalue weighted by molar-refractivity contribution is -0.384. The van der Waals surface area contributed by atoms with Gasteiger partial charge < -0.3 is 14.0 Å². The first-order valence-corrected chi connectivity index (χ1v) is 9.76. The minimum absolute atomic E-state index is 0.0225. The summed E-state index contributed by atoms with van der Waals surface area (Å²) in [6.07, 6.45) is 1.54. The molecule has 3 rings (SSSR count). The largest absolute Gasteiger partial charge is 0.497 e. The van der Waals surface area contributed by atoms with Crippen LogP contribution < -0.4 is 14.9 Å². The van der Waals surface area contributed by atoms with Crippen molar-refractivity contribution in [3.8, 4) is 17.2 Å². The number of nitrogens with one attached hydrogen (secondary N) is 1. The quantitative estimate of drug-likeness (QED) is 0.341. The Kier molecular flexibility index (Phi) is 6.58. The van der Waals surface area contributed by atoms with Crippen molar-refractivity contribution in [3.63, 3.8) is 0 Å². The zero-order valence-corrected chi connectivity index (χ0v) is 18.5. The van der Waals surface area contributed by atoms with Gasteiger partial charge >= 0.3 is 0 Å². The zero-order valence-electron chi connectivity index (χ0n) is 18.5. The zero-order chi connectivity index (χ0) is 23.4. The third-order valence-corrected chi connectivity index (χ3v) is 5.10. The number of methoxy groups -OCH3 is 2. The van der Waals surface area contributed by atoms with Crippen LogP contribution in [0.3, 0.4) is 0 Å².